The Hall–Kier alpha value is -1.39. The van der Waals surface area contributed by atoms with Crippen molar-refractivity contribution in [2.45, 2.75) is 38.5 Å². The fourth-order valence-corrected chi connectivity index (χ4v) is 3.67. The molecule has 3 N–H and O–H groups in total. The smallest absolute Gasteiger partial charge is 0.241 e. The molecule has 1 amide bonds. The molecule has 2 aliphatic rings. The van der Waals surface area contributed by atoms with Gasteiger partial charge in [0.05, 0.1) is 6.10 Å². The monoisotopic (exact) mass is 274 g/mol. The number of fused-ring (bicyclic) bond motifs is 1. The Balaban J connectivity index is 1.68. The lowest BCUT2D eigenvalue weighted by Crippen LogP contribution is -2.67. The molecule has 0 bridgehead atoms. The van der Waals surface area contributed by atoms with Crippen LogP contribution in [0.2, 0.25) is 0 Å². The minimum atomic E-state index is -0.603. The molecule has 0 spiro atoms. The first-order chi connectivity index (χ1) is 9.51. The largest absolute Gasteiger partial charge is 0.377 e. The number of nitrogens with one attached hydrogen (secondary N) is 1. The number of nitrogens with two attached hydrogens (primary N) is 1. The third kappa shape index (κ3) is 2.03. The summed E-state index contributed by atoms with van der Waals surface area (Å²) in [6, 6.07) is 9.05. The number of carbonyl (C=O) groups excluding carboxylic acids is 1. The second-order valence-corrected chi connectivity index (χ2v) is 6.44. The molecule has 1 aliphatic carbocycles. The van der Waals surface area contributed by atoms with E-state index in [4.69, 9.17) is 10.5 Å². The van der Waals surface area contributed by atoms with Crippen molar-refractivity contribution in [1.29, 1.82) is 0 Å². The van der Waals surface area contributed by atoms with Crippen LogP contribution in [0, 0.1) is 11.3 Å². The van der Waals surface area contributed by atoms with Gasteiger partial charge >= 0.3 is 0 Å². The number of rotatable bonds is 3. The van der Waals surface area contributed by atoms with Crippen LogP contribution >= 0.6 is 0 Å². The molecule has 20 heavy (non-hydrogen) atoms. The van der Waals surface area contributed by atoms with Crippen LogP contribution < -0.4 is 11.1 Å². The van der Waals surface area contributed by atoms with Crippen LogP contribution in [-0.2, 0) is 9.53 Å². The van der Waals surface area contributed by atoms with Crippen LogP contribution in [0.3, 0.4) is 0 Å². The average Bonchev–Trinajstić information content (AvgIpc) is 2.91. The summed E-state index contributed by atoms with van der Waals surface area (Å²) in [7, 11) is 0. The molecule has 3 rings (SSSR count). The maximum absolute atomic E-state index is 12.3. The molecule has 1 aromatic rings. The molecular weight excluding hydrogens is 252 g/mol. The van der Waals surface area contributed by atoms with Gasteiger partial charge in [0.2, 0.25) is 5.91 Å². The fraction of sp³-hybridized carbons (Fsp3) is 0.562. The van der Waals surface area contributed by atoms with E-state index in [0.29, 0.717) is 5.92 Å². The van der Waals surface area contributed by atoms with Gasteiger partial charge in [0, 0.05) is 24.0 Å². The van der Waals surface area contributed by atoms with Gasteiger partial charge in [-0.05, 0) is 12.0 Å². The van der Waals surface area contributed by atoms with Gasteiger partial charge in [0.1, 0.15) is 6.04 Å². The van der Waals surface area contributed by atoms with Crippen LogP contribution in [0.5, 0.6) is 0 Å². The van der Waals surface area contributed by atoms with Crippen LogP contribution in [0.25, 0.3) is 0 Å². The van der Waals surface area contributed by atoms with E-state index in [-0.39, 0.29) is 23.5 Å². The Bertz CT molecular complexity index is 500. The number of benzene rings is 1. The van der Waals surface area contributed by atoms with Gasteiger partial charge in [0.15, 0.2) is 0 Å². The minimum absolute atomic E-state index is 0.00671. The van der Waals surface area contributed by atoms with Crippen molar-refractivity contribution in [2.75, 3.05) is 6.61 Å². The van der Waals surface area contributed by atoms with Gasteiger partial charge in [-0.15, -0.1) is 0 Å². The molecule has 4 atom stereocenters. The SMILES string of the molecule is CC1(C)C(NC(=O)C(N)c2ccccc2)C2CCOC21. The Morgan fingerprint density at radius 2 is 2.10 bits per heavy atom. The van der Waals surface area contributed by atoms with Gasteiger partial charge in [0.25, 0.3) is 0 Å². The highest BCUT2D eigenvalue weighted by atomic mass is 16.5. The number of hydrogen-bond donors (Lipinski definition) is 2. The van der Waals surface area contributed by atoms with Crippen LogP contribution in [0.1, 0.15) is 31.9 Å². The van der Waals surface area contributed by atoms with E-state index in [2.05, 4.69) is 19.2 Å². The molecule has 1 heterocycles. The third-order valence-electron chi connectivity index (χ3n) is 4.84. The van der Waals surface area contributed by atoms with Crippen molar-refractivity contribution in [1.82, 2.24) is 5.32 Å². The normalized spacial score (nSPS) is 32.0. The third-order valence-corrected chi connectivity index (χ3v) is 4.84. The molecule has 108 valence electrons. The highest BCUT2D eigenvalue weighted by Crippen LogP contribution is 2.52. The summed E-state index contributed by atoms with van der Waals surface area (Å²) in [4.78, 5) is 12.3. The maximum atomic E-state index is 12.3. The molecule has 2 fully saturated rings. The Kier molecular flexibility index (Phi) is 3.30. The number of ether oxygens (including phenoxy) is 1. The molecule has 4 unspecified atom stereocenters. The van der Waals surface area contributed by atoms with Crippen molar-refractivity contribution in [3.8, 4) is 0 Å². The van der Waals surface area contributed by atoms with E-state index in [1.54, 1.807) is 0 Å². The fourth-order valence-electron chi connectivity index (χ4n) is 3.67. The van der Waals surface area contributed by atoms with Crippen LogP contribution in [0.4, 0.5) is 0 Å². The van der Waals surface area contributed by atoms with E-state index in [1.165, 1.54) is 0 Å². The summed E-state index contributed by atoms with van der Waals surface area (Å²) in [6.07, 6.45) is 1.31. The van der Waals surface area contributed by atoms with Crippen molar-refractivity contribution in [3.63, 3.8) is 0 Å². The van der Waals surface area contributed by atoms with Gasteiger partial charge in [-0.1, -0.05) is 44.2 Å². The highest BCUT2D eigenvalue weighted by molar-refractivity contribution is 5.83. The number of hydrogen-bond acceptors (Lipinski definition) is 3. The summed E-state index contributed by atoms with van der Waals surface area (Å²) >= 11 is 0. The van der Waals surface area contributed by atoms with E-state index in [9.17, 15) is 4.79 Å². The van der Waals surface area contributed by atoms with E-state index in [1.807, 2.05) is 30.3 Å². The molecule has 4 nitrogen and oxygen atoms in total. The first-order valence-corrected chi connectivity index (χ1v) is 7.24. The first kappa shape index (κ1) is 13.6. The summed E-state index contributed by atoms with van der Waals surface area (Å²) in [6.45, 7) is 5.10. The lowest BCUT2D eigenvalue weighted by Gasteiger charge is -2.54. The van der Waals surface area contributed by atoms with Crippen molar-refractivity contribution >= 4 is 5.91 Å². The highest BCUT2D eigenvalue weighted by Gasteiger charge is 2.59. The van der Waals surface area contributed by atoms with Gasteiger partial charge < -0.3 is 15.8 Å². The van der Waals surface area contributed by atoms with E-state index in [0.717, 1.165) is 18.6 Å². The van der Waals surface area contributed by atoms with Crippen molar-refractivity contribution in [2.24, 2.45) is 17.1 Å². The molecule has 1 saturated carbocycles. The molecule has 0 radical (unpaired) electrons. The van der Waals surface area contributed by atoms with Gasteiger partial charge in [-0.2, -0.15) is 0 Å². The lowest BCUT2D eigenvalue weighted by atomic mass is 9.57. The topological polar surface area (TPSA) is 64.4 Å². The maximum Gasteiger partial charge on any atom is 0.241 e. The van der Waals surface area contributed by atoms with Crippen molar-refractivity contribution in [3.05, 3.63) is 35.9 Å². The van der Waals surface area contributed by atoms with Crippen molar-refractivity contribution < 1.29 is 9.53 Å². The van der Waals surface area contributed by atoms with Gasteiger partial charge in [-0.3, -0.25) is 4.79 Å². The molecule has 0 aromatic heterocycles. The molecule has 1 aliphatic heterocycles. The van der Waals surface area contributed by atoms with Crippen LogP contribution in [-0.4, -0.2) is 24.7 Å². The second-order valence-electron chi connectivity index (χ2n) is 6.44. The number of carbonyl (C=O) groups is 1. The predicted molar refractivity (Wildman–Crippen MR) is 76.9 cm³/mol. The Labute approximate surface area is 119 Å². The summed E-state index contributed by atoms with van der Waals surface area (Å²) < 4.78 is 5.74. The molecule has 1 aromatic carbocycles. The minimum Gasteiger partial charge on any atom is -0.377 e. The van der Waals surface area contributed by atoms with Crippen LogP contribution in [0.15, 0.2) is 30.3 Å². The average molecular weight is 274 g/mol. The van der Waals surface area contributed by atoms with E-state index < -0.39 is 6.04 Å². The lowest BCUT2D eigenvalue weighted by molar-refractivity contribution is -0.139. The molecule has 1 saturated heterocycles. The first-order valence-electron chi connectivity index (χ1n) is 7.24. The zero-order valence-electron chi connectivity index (χ0n) is 12.0. The summed E-state index contributed by atoms with van der Waals surface area (Å²) in [5.74, 6) is 0.344. The van der Waals surface area contributed by atoms with E-state index >= 15 is 0 Å². The van der Waals surface area contributed by atoms with Gasteiger partial charge in [-0.25, -0.2) is 0 Å². The summed E-state index contributed by atoms with van der Waals surface area (Å²) in [5, 5.41) is 3.13. The molecular formula is C16H22N2O2. The standard InChI is InChI=1S/C16H22N2O2/c1-16(2)13(11-8-9-20-14(11)16)18-15(19)12(17)10-6-4-3-5-7-10/h3-7,11-14H,8-9,17H2,1-2H3,(H,18,19). The second kappa shape index (κ2) is 4.86. The molecule has 4 heteroatoms. The Morgan fingerprint density at radius 3 is 2.80 bits per heavy atom. The quantitative estimate of drug-likeness (QED) is 0.880. The summed E-state index contributed by atoms with van der Waals surface area (Å²) in [5.41, 5.74) is 6.89. The zero-order valence-corrected chi connectivity index (χ0v) is 12.0. The number of amides is 1. The predicted octanol–water partition coefficient (Wildman–Crippen LogP) is 1.62. The zero-order chi connectivity index (χ0) is 14.3. The Morgan fingerprint density at radius 1 is 1.40 bits per heavy atom.